The third-order valence-corrected chi connectivity index (χ3v) is 6.16. The summed E-state index contributed by atoms with van der Waals surface area (Å²) in [4.78, 5) is 57.7. The van der Waals surface area contributed by atoms with Gasteiger partial charge in [0.05, 0.1) is 12.4 Å². The molecule has 2 aromatic rings. The van der Waals surface area contributed by atoms with Crippen LogP contribution in [-0.2, 0) is 32.0 Å². The molecule has 4 unspecified atom stereocenters. The molecular formula is C26H39N7O6. The molecule has 0 radical (unpaired) electrons. The number of nitrogens with zero attached hydrogens (tertiary/aromatic N) is 1. The Morgan fingerprint density at radius 1 is 0.949 bits per heavy atom. The molecule has 0 fully saturated rings. The molecule has 10 N–H and O–H groups in total. The Labute approximate surface area is 227 Å². The van der Waals surface area contributed by atoms with Crippen molar-refractivity contribution in [3.05, 3.63) is 48.0 Å². The molecule has 39 heavy (non-hydrogen) atoms. The average molecular weight is 546 g/mol. The quantitative estimate of drug-likeness (QED) is 0.128. The van der Waals surface area contributed by atoms with Gasteiger partial charge in [0.15, 0.2) is 0 Å². The molecule has 0 saturated heterocycles. The summed E-state index contributed by atoms with van der Waals surface area (Å²) in [5.41, 5.74) is 12.7. The fraction of sp³-hybridized carbons (Fsp3) is 0.500. The molecule has 3 amide bonds. The zero-order chi connectivity index (χ0) is 28.9. The van der Waals surface area contributed by atoms with E-state index in [1.165, 1.54) is 24.7 Å². The monoisotopic (exact) mass is 545 g/mol. The molecule has 0 aliphatic rings. The Bertz CT molecular complexity index is 1070. The van der Waals surface area contributed by atoms with E-state index in [2.05, 4.69) is 25.9 Å². The van der Waals surface area contributed by atoms with E-state index in [4.69, 9.17) is 11.5 Å². The van der Waals surface area contributed by atoms with Crippen molar-refractivity contribution in [2.45, 2.75) is 70.1 Å². The number of H-pyrrole nitrogens is 1. The van der Waals surface area contributed by atoms with Crippen LogP contribution in [0.25, 0.3) is 0 Å². The van der Waals surface area contributed by atoms with Crippen LogP contribution in [0.1, 0.15) is 44.4 Å². The van der Waals surface area contributed by atoms with Gasteiger partial charge in [-0.15, -0.1) is 0 Å². The first kappa shape index (κ1) is 31.2. The summed E-state index contributed by atoms with van der Waals surface area (Å²) >= 11 is 0. The highest BCUT2D eigenvalue weighted by molar-refractivity contribution is 5.94. The number of aliphatic carboxylic acids is 1. The SMILES string of the molecule is CC(C)C(NC(=O)C(Cc1ccc(O)cc1)NC(=O)C(N)CCCCN)C(=O)NC(Cc1cnc[nH]1)C(=O)O. The van der Waals surface area contributed by atoms with E-state index in [1.807, 2.05) is 0 Å². The highest BCUT2D eigenvalue weighted by Crippen LogP contribution is 2.13. The van der Waals surface area contributed by atoms with Crippen LogP contribution in [0.15, 0.2) is 36.8 Å². The predicted octanol–water partition coefficient (Wildman–Crippen LogP) is -0.448. The summed E-state index contributed by atoms with van der Waals surface area (Å²) < 4.78 is 0. The van der Waals surface area contributed by atoms with Crippen LogP contribution >= 0.6 is 0 Å². The number of hydrogen-bond donors (Lipinski definition) is 8. The van der Waals surface area contributed by atoms with Crippen LogP contribution in [-0.4, -0.2) is 74.6 Å². The molecule has 0 saturated carbocycles. The van der Waals surface area contributed by atoms with Crippen LogP contribution in [0.2, 0.25) is 0 Å². The minimum Gasteiger partial charge on any atom is -0.508 e. The van der Waals surface area contributed by atoms with Crippen molar-refractivity contribution >= 4 is 23.7 Å². The van der Waals surface area contributed by atoms with Crippen LogP contribution in [0.5, 0.6) is 5.75 Å². The number of hydrogen-bond acceptors (Lipinski definition) is 8. The van der Waals surface area contributed by atoms with Crippen molar-refractivity contribution in [3.8, 4) is 5.75 Å². The molecule has 4 atom stereocenters. The molecule has 214 valence electrons. The maximum Gasteiger partial charge on any atom is 0.326 e. The fourth-order valence-corrected chi connectivity index (χ4v) is 3.86. The van der Waals surface area contributed by atoms with E-state index in [0.29, 0.717) is 37.1 Å². The number of nitrogens with one attached hydrogen (secondary N) is 4. The summed E-state index contributed by atoms with van der Waals surface area (Å²) in [5.74, 6) is -3.45. The maximum absolute atomic E-state index is 13.4. The number of benzene rings is 1. The lowest BCUT2D eigenvalue weighted by molar-refractivity contribution is -0.142. The zero-order valence-corrected chi connectivity index (χ0v) is 22.2. The van der Waals surface area contributed by atoms with E-state index < -0.39 is 53.8 Å². The minimum absolute atomic E-state index is 0.0264. The number of carbonyl (C=O) groups is 4. The smallest absolute Gasteiger partial charge is 0.326 e. The van der Waals surface area contributed by atoms with Gasteiger partial charge in [0.25, 0.3) is 0 Å². The lowest BCUT2D eigenvalue weighted by atomic mass is 10.00. The van der Waals surface area contributed by atoms with Gasteiger partial charge in [0.1, 0.15) is 23.9 Å². The van der Waals surface area contributed by atoms with E-state index in [9.17, 15) is 29.4 Å². The molecule has 2 rings (SSSR count). The summed E-state index contributed by atoms with van der Waals surface area (Å²) in [6, 6.07) is 1.87. The van der Waals surface area contributed by atoms with Crippen LogP contribution in [0.3, 0.4) is 0 Å². The second-order valence-electron chi connectivity index (χ2n) is 9.73. The van der Waals surface area contributed by atoms with Crippen molar-refractivity contribution in [2.75, 3.05) is 6.54 Å². The van der Waals surface area contributed by atoms with E-state index in [1.54, 1.807) is 26.0 Å². The molecular weight excluding hydrogens is 506 g/mol. The summed E-state index contributed by atoms with van der Waals surface area (Å²) in [6.45, 7) is 3.88. The molecule has 1 aromatic carbocycles. The number of amides is 3. The normalized spacial score (nSPS) is 14.2. The standard InChI is InChI=1S/C26H39N7O6/c1-15(2)22(25(37)32-21(26(38)39)12-17-13-29-14-30-17)33-24(36)20(11-16-6-8-18(34)9-7-16)31-23(35)19(28)5-3-4-10-27/h6-9,13-15,19-22,34H,3-5,10-12,27-28H2,1-2H3,(H,29,30)(H,31,35)(H,32,37)(H,33,36)(H,38,39). The van der Waals surface area contributed by atoms with E-state index >= 15 is 0 Å². The predicted molar refractivity (Wildman–Crippen MR) is 143 cm³/mol. The number of carbonyl (C=O) groups excluding carboxylic acids is 3. The first-order valence-corrected chi connectivity index (χ1v) is 12.9. The van der Waals surface area contributed by atoms with Crippen molar-refractivity contribution < 1.29 is 29.4 Å². The van der Waals surface area contributed by atoms with Gasteiger partial charge < -0.3 is 42.6 Å². The van der Waals surface area contributed by atoms with Gasteiger partial charge in [-0.2, -0.15) is 0 Å². The number of phenolic OH excluding ortho intramolecular Hbond substituents is 1. The summed E-state index contributed by atoms with van der Waals surface area (Å²) in [5, 5.41) is 27.0. The average Bonchev–Trinajstić information content (AvgIpc) is 3.40. The van der Waals surface area contributed by atoms with Gasteiger partial charge >= 0.3 is 5.97 Å². The number of nitrogens with two attached hydrogens (primary N) is 2. The number of carboxylic acid groups (broad SMARTS) is 1. The number of rotatable bonds is 16. The minimum atomic E-state index is -1.25. The molecule has 0 aliphatic heterocycles. The van der Waals surface area contributed by atoms with Crippen molar-refractivity contribution in [1.29, 1.82) is 0 Å². The van der Waals surface area contributed by atoms with Crippen molar-refractivity contribution in [3.63, 3.8) is 0 Å². The van der Waals surface area contributed by atoms with Crippen LogP contribution in [0, 0.1) is 5.92 Å². The Hall–Kier alpha value is -3.97. The van der Waals surface area contributed by atoms with Crippen molar-refractivity contribution in [1.82, 2.24) is 25.9 Å². The number of unbranched alkanes of at least 4 members (excludes halogenated alkanes) is 1. The lowest BCUT2D eigenvalue weighted by Crippen LogP contribution is -2.59. The zero-order valence-electron chi connectivity index (χ0n) is 22.2. The number of carboxylic acids is 1. The fourth-order valence-electron chi connectivity index (χ4n) is 3.86. The first-order valence-electron chi connectivity index (χ1n) is 12.9. The number of aromatic hydroxyl groups is 1. The van der Waals surface area contributed by atoms with Crippen molar-refractivity contribution in [2.24, 2.45) is 17.4 Å². The lowest BCUT2D eigenvalue weighted by Gasteiger charge is -2.27. The van der Waals surface area contributed by atoms with Crippen LogP contribution in [0.4, 0.5) is 0 Å². The Kier molecular flexibility index (Phi) is 12.4. The van der Waals surface area contributed by atoms with Crippen LogP contribution < -0.4 is 27.4 Å². The molecule has 1 aromatic heterocycles. The molecule has 0 spiro atoms. The van der Waals surface area contributed by atoms with Gasteiger partial charge in [0.2, 0.25) is 17.7 Å². The van der Waals surface area contributed by atoms with Gasteiger partial charge in [-0.25, -0.2) is 9.78 Å². The van der Waals surface area contributed by atoms with Gasteiger partial charge in [-0.3, -0.25) is 14.4 Å². The first-order chi connectivity index (χ1) is 18.5. The number of imidazole rings is 1. The number of phenols is 1. The largest absolute Gasteiger partial charge is 0.508 e. The maximum atomic E-state index is 13.4. The highest BCUT2D eigenvalue weighted by atomic mass is 16.4. The molecule has 1 heterocycles. The number of aromatic nitrogens is 2. The van der Waals surface area contributed by atoms with E-state index in [0.717, 1.165) is 0 Å². The highest BCUT2D eigenvalue weighted by Gasteiger charge is 2.32. The second-order valence-corrected chi connectivity index (χ2v) is 9.73. The Balaban J connectivity index is 2.17. The molecule has 13 heteroatoms. The van der Waals surface area contributed by atoms with Gasteiger partial charge in [0, 0.05) is 24.7 Å². The van der Waals surface area contributed by atoms with Gasteiger partial charge in [-0.05, 0) is 43.0 Å². The molecule has 0 bridgehead atoms. The summed E-state index contributed by atoms with van der Waals surface area (Å²) in [6.07, 6.45) is 4.65. The molecule has 13 nitrogen and oxygen atoms in total. The molecule has 0 aliphatic carbocycles. The Morgan fingerprint density at radius 3 is 2.18 bits per heavy atom. The topological polar surface area (TPSA) is 226 Å². The summed E-state index contributed by atoms with van der Waals surface area (Å²) in [7, 11) is 0. The third kappa shape index (κ3) is 10.4. The Morgan fingerprint density at radius 2 is 1.62 bits per heavy atom. The van der Waals surface area contributed by atoms with Gasteiger partial charge in [-0.1, -0.05) is 32.4 Å². The second kappa shape index (κ2) is 15.4. The third-order valence-electron chi connectivity index (χ3n) is 6.16. The number of aromatic amines is 1. The van der Waals surface area contributed by atoms with E-state index in [-0.39, 0.29) is 18.6 Å².